The Morgan fingerprint density at radius 1 is 1.53 bits per heavy atom. The molecule has 100 valence electrons. The Morgan fingerprint density at radius 3 is 3.11 bits per heavy atom. The minimum atomic E-state index is -0.380. The van der Waals surface area contributed by atoms with Crippen LogP contribution in [0, 0.1) is 10.1 Å². The fraction of sp³-hybridized carbons (Fsp3) is 0.417. The highest BCUT2D eigenvalue weighted by molar-refractivity contribution is 5.63. The van der Waals surface area contributed by atoms with Gasteiger partial charge in [-0.3, -0.25) is 0 Å². The van der Waals surface area contributed by atoms with E-state index in [0.29, 0.717) is 31.2 Å². The first kappa shape index (κ1) is 11.9. The Hall–Kier alpha value is -2.15. The Labute approximate surface area is 109 Å². The van der Waals surface area contributed by atoms with E-state index in [9.17, 15) is 10.1 Å². The zero-order chi connectivity index (χ0) is 13.4. The molecule has 7 nitrogen and oxygen atoms in total. The van der Waals surface area contributed by atoms with E-state index in [4.69, 9.17) is 4.74 Å². The van der Waals surface area contributed by atoms with Crippen LogP contribution in [0.25, 0.3) is 5.65 Å². The second kappa shape index (κ2) is 4.51. The SMILES string of the molecule is CC1CN(c2nc3ccccn3c2[N+](=O)[O-])CCO1. The summed E-state index contributed by atoms with van der Waals surface area (Å²) in [5.41, 5.74) is 0.586. The number of hydrogen-bond donors (Lipinski definition) is 0. The van der Waals surface area contributed by atoms with Crippen molar-refractivity contribution >= 4 is 17.3 Å². The van der Waals surface area contributed by atoms with Gasteiger partial charge in [0.15, 0.2) is 0 Å². The van der Waals surface area contributed by atoms with Crippen LogP contribution in [0.4, 0.5) is 11.6 Å². The molecule has 3 rings (SSSR count). The van der Waals surface area contributed by atoms with Gasteiger partial charge in [0.25, 0.3) is 0 Å². The molecule has 1 unspecified atom stereocenters. The van der Waals surface area contributed by atoms with Crippen LogP contribution in [0.2, 0.25) is 0 Å². The normalized spacial score (nSPS) is 19.8. The van der Waals surface area contributed by atoms with Gasteiger partial charge in [0.2, 0.25) is 11.5 Å². The molecular formula is C12H14N4O3. The molecule has 7 heteroatoms. The number of hydrogen-bond acceptors (Lipinski definition) is 5. The summed E-state index contributed by atoms with van der Waals surface area (Å²) in [4.78, 5) is 17.2. The van der Waals surface area contributed by atoms with Crippen LogP contribution < -0.4 is 4.90 Å². The molecule has 0 spiro atoms. The molecule has 0 amide bonds. The van der Waals surface area contributed by atoms with Crippen molar-refractivity contribution in [2.45, 2.75) is 13.0 Å². The van der Waals surface area contributed by atoms with Crippen molar-refractivity contribution in [3.8, 4) is 0 Å². The first-order valence-electron chi connectivity index (χ1n) is 6.15. The van der Waals surface area contributed by atoms with Gasteiger partial charge in [0.1, 0.15) is 0 Å². The van der Waals surface area contributed by atoms with E-state index in [1.807, 2.05) is 17.9 Å². The smallest absolute Gasteiger partial charge is 0.372 e. The quantitative estimate of drug-likeness (QED) is 0.605. The number of morpholine rings is 1. The van der Waals surface area contributed by atoms with Gasteiger partial charge >= 0.3 is 5.82 Å². The third-order valence-corrected chi connectivity index (χ3v) is 3.20. The van der Waals surface area contributed by atoms with E-state index < -0.39 is 0 Å². The molecule has 0 aliphatic carbocycles. The summed E-state index contributed by atoms with van der Waals surface area (Å²) in [5, 5.41) is 11.3. The van der Waals surface area contributed by atoms with Gasteiger partial charge < -0.3 is 19.8 Å². The van der Waals surface area contributed by atoms with Gasteiger partial charge in [0, 0.05) is 19.2 Å². The number of pyridine rings is 1. The lowest BCUT2D eigenvalue weighted by Gasteiger charge is -2.30. The Balaban J connectivity index is 2.11. The average molecular weight is 262 g/mol. The molecule has 2 aromatic heterocycles. The van der Waals surface area contributed by atoms with Gasteiger partial charge in [-0.1, -0.05) is 6.07 Å². The van der Waals surface area contributed by atoms with E-state index in [2.05, 4.69) is 4.98 Å². The lowest BCUT2D eigenvalue weighted by molar-refractivity contribution is -0.389. The van der Waals surface area contributed by atoms with Gasteiger partial charge in [-0.25, -0.2) is 0 Å². The topological polar surface area (TPSA) is 72.9 Å². The standard InChI is InChI=1S/C12H14N4O3/c1-9-8-14(6-7-19-9)11-12(16(17)18)15-5-3-2-4-10(15)13-11/h2-5,9H,6-8H2,1H3. The average Bonchev–Trinajstić information content (AvgIpc) is 2.78. The molecule has 0 radical (unpaired) electrons. The van der Waals surface area contributed by atoms with Crippen LogP contribution in [0.5, 0.6) is 0 Å². The summed E-state index contributed by atoms with van der Waals surface area (Å²) in [6, 6.07) is 5.34. The predicted molar refractivity (Wildman–Crippen MR) is 69.5 cm³/mol. The van der Waals surface area contributed by atoms with Crippen LogP contribution in [0.3, 0.4) is 0 Å². The molecule has 0 N–H and O–H groups in total. The van der Waals surface area contributed by atoms with Crippen LogP contribution in [0.15, 0.2) is 24.4 Å². The maximum atomic E-state index is 11.3. The molecule has 0 bridgehead atoms. The third kappa shape index (κ3) is 2.01. The van der Waals surface area contributed by atoms with E-state index in [1.54, 1.807) is 18.3 Å². The van der Waals surface area contributed by atoms with Gasteiger partial charge in [-0.2, -0.15) is 9.38 Å². The molecule has 1 saturated heterocycles. The lowest BCUT2D eigenvalue weighted by Crippen LogP contribution is -2.41. The molecule has 1 aliphatic heterocycles. The lowest BCUT2D eigenvalue weighted by atomic mass is 10.3. The first-order chi connectivity index (χ1) is 9.16. The van der Waals surface area contributed by atoms with Crippen molar-refractivity contribution in [2.75, 3.05) is 24.6 Å². The number of nitro groups is 1. The highest BCUT2D eigenvalue weighted by atomic mass is 16.6. The number of nitrogens with zero attached hydrogens (tertiary/aromatic N) is 4. The van der Waals surface area contributed by atoms with Crippen molar-refractivity contribution in [2.24, 2.45) is 0 Å². The zero-order valence-electron chi connectivity index (χ0n) is 10.5. The Bertz CT molecular complexity index is 624. The second-order valence-electron chi connectivity index (χ2n) is 4.57. The van der Waals surface area contributed by atoms with Crippen molar-refractivity contribution < 1.29 is 9.66 Å². The number of ether oxygens (including phenoxy) is 1. The van der Waals surface area contributed by atoms with Crippen LogP contribution in [0.1, 0.15) is 6.92 Å². The number of aromatic nitrogens is 2. The molecule has 1 atom stereocenters. The summed E-state index contributed by atoms with van der Waals surface area (Å²) < 4.78 is 6.97. The maximum Gasteiger partial charge on any atom is 0.372 e. The largest absolute Gasteiger partial charge is 0.375 e. The van der Waals surface area contributed by atoms with Gasteiger partial charge in [0.05, 0.1) is 18.9 Å². The van der Waals surface area contributed by atoms with Crippen molar-refractivity contribution in [3.63, 3.8) is 0 Å². The fourth-order valence-corrected chi connectivity index (χ4v) is 2.36. The van der Waals surface area contributed by atoms with Gasteiger partial charge in [-0.05, 0) is 17.9 Å². The van der Waals surface area contributed by atoms with E-state index in [-0.39, 0.29) is 16.8 Å². The van der Waals surface area contributed by atoms with Crippen molar-refractivity contribution in [1.29, 1.82) is 0 Å². The highest BCUT2D eigenvalue weighted by Gasteiger charge is 2.29. The summed E-state index contributed by atoms with van der Waals surface area (Å²) >= 11 is 0. The predicted octanol–water partition coefficient (Wildman–Crippen LogP) is 1.47. The van der Waals surface area contributed by atoms with Gasteiger partial charge in [-0.15, -0.1) is 0 Å². The molecule has 0 aromatic carbocycles. The Morgan fingerprint density at radius 2 is 2.37 bits per heavy atom. The van der Waals surface area contributed by atoms with E-state index in [0.717, 1.165) is 0 Å². The molecule has 0 saturated carbocycles. The Kier molecular flexibility index (Phi) is 2.83. The molecule has 1 aliphatic rings. The molecule has 2 aromatic rings. The van der Waals surface area contributed by atoms with Crippen molar-refractivity contribution in [3.05, 3.63) is 34.5 Å². The van der Waals surface area contributed by atoms with Crippen LogP contribution >= 0.6 is 0 Å². The minimum absolute atomic E-state index is 0.0182. The number of rotatable bonds is 2. The number of anilines is 1. The highest BCUT2D eigenvalue weighted by Crippen LogP contribution is 2.29. The minimum Gasteiger partial charge on any atom is -0.375 e. The van der Waals surface area contributed by atoms with Crippen molar-refractivity contribution in [1.82, 2.24) is 9.38 Å². The van der Waals surface area contributed by atoms with Crippen LogP contribution in [-0.2, 0) is 4.74 Å². The maximum absolute atomic E-state index is 11.3. The number of imidazole rings is 1. The first-order valence-corrected chi connectivity index (χ1v) is 6.15. The summed E-state index contributed by atoms with van der Waals surface area (Å²) in [6.07, 6.45) is 1.71. The fourth-order valence-electron chi connectivity index (χ4n) is 2.36. The molecule has 3 heterocycles. The zero-order valence-corrected chi connectivity index (χ0v) is 10.5. The molecule has 1 fully saturated rings. The van der Waals surface area contributed by atoms with Crippen LogP contribution in [-0.4, -0.2) is 40.1 Å². The summed E-state index contributed by atoms with van der Waals surface area (Å²) in [5.74, 6) is 0.441. The number of fused-ring (bicyclic) bond motifs is 1. The van der Waals surface area contributed by atoms with E-state index >= 15 is 0 Å². The summed E-state index contributed by atoms with van der Waals surface area (Å²) in [7, 11) is 0. The summed E-state index contributed by atoms with van der Waals surface area (Å²) in [6.45, 7) is 3.75. The second-order valence-corrected chi connectivity index (χ2v) is 4.57. The molecule has 19 heavy (non-hydrogen) atoms. The monoisotopic (exact) mass is 262 g/mol. The third-order valence-electron chi connectivity index (χ3n) is 3.20. The van der Waals surface area contributed by atoms with E-state index in [1.165, 1.54) is 4.40 Å². The molecular weight excluding hydrogens is 248 g/mol.